The molecule has 1 aromatic carbocycles. The third kappa shape index (κ3) is 4.29. The van der Waals surface area contributed by atoms with E-state index >= 15 is 0 Å². The number of rotatable bonds is 6. The van der Waals surface area contributed by atoms with Crippen LogP contribution in [0, 0.1) is 11.3 Å². The second-order valence-corrected chi connectivity index (χ2v) is 7.27. The summed E-state index contributed by atoms with van der Waals surface area (Å²) in [5.41, 5.74) is 8.58. The highest BCUT2D eigenvalue weighted by Crippen LogP contribution is 2.18. The van der Waals surface area contributed by atoms with Gasteiger partial charge < -0.3 is 15.6 Å². The monoisotopic (exact) mass is 415 g/mol. The zero-order valence-electron chi connectivity index (χ0n) is 16.7. The van der Waals surface area contributed by atoms with Crippen molar-refractivity contribution in [2.75, 3.05) is 12.3 Å². The molecule has 3 N–H and O–H groups in total. The highest BCUT2D eigenvalue weighted by Gasteiger charge is 2.36. The van der Waals surface area contributed by atoms with Crippen LogP contribution in [-0.2, 0) is 17.9 Å². The summed E-state index contributed by atoms with van der Waals surface area (Å²) < 4.78 is 1.98. The smallest absolute Gasteiger partial charge is 0.264 e. The standard InChI is InChI=1S/C22H21N7O2/c23-10-15-3-5-16(6-4-15)13-28-14-25-11-17(28)12-27-19-7-9-29(22(19)31)21(30)18-2-1-8-26-20(18)24/h1-6,8,11,14,19,27H,7,9,12-13H2,(H2,24,26)/t19-/m0/s1. The molecule has 9 heteroatoms. The molecular formula is C22H21N7O2. The lowest BCUT2D eigenvalue weighted by Gasteiger charge is -2.16. The molecular weight excluding hydrogens is 394 g/mol. The van der Waals surface area contributed by atoms with Gasteiger partial charge in [0.1, 0.15) is 5.82 Å². The number of benzene rings is 1. The van der Waals surface area contributed by atoms with Gasteiger partial charge in [0.2, 0.25) is 5.91 Å². The normalized spacial score (nSPS) is 15.8. The minimum atomic E-state index is -0.458. The number of nitrogens with zero attached hydrogens (tertiary/aromatic N) is 5. The molecule has 0 aliphatic carbocycles. The Morgan fingerprint density at radius 1 is 1.29 bits per heavy atom. The molecule has 2 aromatic heterocycles. The Hall–Kier alpha value is -4.03. The molecule has 1 aliphatic rings. The van der Waals surface area contributed by atoms with Crippen molar-refractivity contribution in [2.24, 2.45) is 0 Å². The number of amides is 2. The lowest BCUT2D eigenvalue weighted by molar-refractivity contribution is -0.127. The van der Waals surface area contributed by atoms with Crippen molar-refractivity contribution in [1.29, 1.82) is 5.26 Å². The van der Waals surface area contributed by atoms with Crippen molar-refractivity contribution >= 4 is 17.6 Å². The molecule has 3 aromatic rings. The molecule has 156 valence electrons. The summed E-state index contributed by atoms with van der Waals surface area (Å²) >= 11 is 0. The molecule has 0 saturated carbocycles. The highest BCUT2D eigenvalue weighted by molar-refractivity contribution is 6.09. The molecule has 2 amide bonds. The molecule has 1 atom stereocenters. The van der Waals surface area contributed by atoms with Crippen molar-refractivity contribution in [3.05, 3.63) is 77.5 Å². The molecule has 0 spiro atoms. The van der Waals surface area contributed by atoms with Crippen LogP contribution in [0.1, 0.15) is 33.6 Å². The van der Waals surface area contributed by atoms with Gasteiger partial charge >= 0.3 is 0 Å². The minimum absolute atomic E-state index is 0.114. The number of nitriles is 1. The Morgan fingerprint density at radius 3 is 2.84 bits per heavy atom. The van der Waals surface area contributed by atoms with Crippen molar-refractivity contribution in [1.82, 2.24) is 24.8 Å². The van der Waals surface area contributed by atoms with Crippen LogP contribution in [0.3, 0.4) is 0 Å². The lowest BCUT2D eigenvalue weighted by Crippen LogP contribution is -2.41. The van der Waals surface area contributed by atoms with E-state index in [0.29, 0.717) is 31.6 Å². The van der Waals surface area contributed by atoms with Crippen molar-refractivity contribution in [3.8, 4) is 6.07 Å². The van der Waals surface area contributed by atoms with Crippen molar-refractivity contribution in [3.63, 3.8) is 0 Å². The second-order valence-electron chi connectivity index (χ2n) is 7.27. The quantitative estimate of drug-likeness (QED) is 0.581. The fourth-order valence-electron chi connectivity index (χ4n) is 3.56. The number of carbonyl (C=O) groups is 2. The summed E-state index contributed by atoms with van der Waals surface area (Å²) in [6.07, 6.45) is 5.50. The first-order valence-corrected chi connectivity index (χ1v) is 9.84. The number of imidazole rings is 1. The minimum Gasteiger partial charge on any atom is -0.383 e. The van der Waals surface area contributed by atoms with Crippen LogP contribution >= 0.6 is 0 Å². The van der Waals surface area contributed by atoms with Gasteiger partial charge in [-0.2, -0.15) is 5.26 Å². The number of hydrogen-bond donors (Lipinski definition) is 2. The molecule has 0 bridgehead atoms. The van der Waals surface area contributed by atoms with Crippen LogP contribution in [-0.4, -0.2) is 43.8 Å². The molecule has 1 fully saturated rings. The fraction of sp³-hybridized carbons (Fsp3) is 0.227. The first-order chi connectivity index (χ1) is 15.1. The van der Waals surface area contributed by atoms with E-state index in [1.54, 1.807) is 36.8 Å². The topological polar surface area (TPSA) is 130 Å². The Balaban J connectivity index is 1.38. The zero-order chi connectivity index (χ0) is 21.8. The van der Waals surface area contributed by atoms with Gasteiger partial charge in [-0.25, -0.2) is 9.97 Å². The van der Waals surface area contributed by atoms with E-state index in [1.807, 2.05) is 16.7 Å². The van der Waals surface area contributed by atoms with Gasteiger partial charge in [-0.3, -0.25) is 14.5 Å². The van der Waals surface area contributed by atoms with E-state index < -0.39 is 11.9 Å². The average molecular weight is 415 g/mol. The number of pyridine rings is 1. The van der Waals surface area contributed by atoms with E-state index in [2.05, 4.69) is 21.4 Å². The van der Waals surface area contributed by atoms with E-state index in [-0.39, 0.29) is 17.3 Å². The third-order valence-corrected chi connectivity index (χ3v) is 5.28. The Bertz CT molecular complexity index is 1150. The first-order valence-electron chi connectivity index (χ1n) is 9.84. The van der Waals surface area contributed by atoms with Gasteiger partial charge in [-0.15, -0.1) is 0 Å². The number of likely N-dealkylation sites (tertiary alicyclic amines) is 1. The maximum absolute atomic E-state index is 12.8. The van der Waals surface area contributed by atoms with Crippen LogP contribution in [0.15, 0.2) is 55.1 Å². The molecule has 1 aliphatic heterocycles. The SMILES string of the molecule is N#Cc1ccc(Cn2cncc2CN[C@H]2CCN(C(=O)c3cccnc3N)C2=O)cc1. The van der Waals surface area contributed by atoms with Crippen LogP contribution in [0.25, 0.3) is 0 Å². The predicted molar refractivity (Wildman–Crippen MR) is 112 cm³/mol. The first kappa shape index (κ1) is 20.3. The maximum atomic E-state index is 12.8. The number of imide groups is 1. The largest absolute Gasteiger partial charge is 0.383 e. The van der Waals surface area contributed by atoms with Gasteiger partial charge in [-0.05, 0) is 36.2 Å². The molecule has 31 heavy (non-hydrogen) atoms. The maximum Gasteiger partial charge on any atom is 0.264 e. The summed E-state index contributed by atoms with van der Waals surface area (Å²) in [7, 11) is 0. The van der Waals surface area contributed by atoms with E-state index in [9.17, 15) is 9.59 Å². The van der Waals surface area contributed by atoms with Gasteiger partial charge in [-0.1, -0.05) is 12.1 Å². The zero-order valence-corrected chi connectivity index (χ0v) is 16.7. The molecule has 1 saturated heterocycles. The Labute approximate surface area is 179 Å². The fourth-order valence-corrected chi connectivity index (χ4v) is 3.56. The highest BCUT2D eigenvalue weighted by atomic mass is 16.2. The van der Waals surface area contributed by atoms with Crippen LogP contribution in [0.5, 0.6) is 0 Å². The van der Waals surface area contributed by atoms with Gasteiger partial charge in [0.25, 0.3) is 5.91 Å². The van der Waals surface area contributed by atoms with Crippen LogP contribution in [0.4, 0.5) is 5.82 Å². The number of anilines is 1. The lowest BCUT2D eigenvalue weighted by atomic mass is 10.1. The van der Waals surface area contributed by atoms with Crippen LogP contribution < -0.4 is 11.1 Å². The number of carbonyl (C=O) groups excluding carboxylic acids is 2. The van der Waals surface area contributed by atoms with Gasteiger partial charge in [0, 0.05) is 32.0 Å². The third-order valence-electron chi connectivity index (χ3n) is 5.28. The van der Waals surface area contributed by atoms with E-state index in [4.69, 9.17) is 11.0 Å². The van der Waals surface area contributed by atoms with Crippen molar-refractivity contribution in [2.45, 2.75) is 25.6 Å². The number of aromatic nitrogens is 3. The van der Waals surface area contributed by atoms with Gasteiger partial charge in [0.15, 0.2) is 0 Å². The van der Waals surface area contributed by atoms with E-state index in [1.165, 1.54) is 11.1 Å². The molecule has 0 unspecified atom stereocenters. The summed E-state index contributed by atoms with van der Waals surface area (Å²) in [4.78, 5) is 34.8. The molecule has 9 nitrogen and oxygen atoms in total. The number of nitrogens with one attached hydrogen (secondary N) is 1. The van der Waals surface area contributed by atoms with E-state index in [0.717, 1.165) is 11.3 Å². The number of nitrogen functional groups attached to an aromatic ring is 1. The summed E-state index contributed by atoms with van der Waals surface area (Å²) in [5, 5.41) is 12.2. The summed E-state index contributed by atoms with van der Waals surface area (Å²) in [5.74, 6) is -0.583. The van der Waals surface area contributed by atoms with Gasteiger partial charge in [0.05, 0.1) is 35.3 Å². The molecule has 0 radical (unpaired) electrons. The average Bonchev–Trinajstić information content (AvgIpc) is 3.38. The Morgan fingerprint density at radius 2 is 2.10 bits per heavy atom. The van der Waals surface area contributed by atoms with Crippen molar-refractivity contribution < 1.29 is 9.59 Å². The second kappa shape index (κ2) is 8.77. The Kier molecular flexibility index (Phi) is 5.73. The molecule has 3 heterocycles. The van der Waals surface area contributed by atoms with Crippen LogP contribution in [0.2, 0.25) is 0 Å². The number of nitrogens with two attached hydrogens (primary N) is 1. The molecule has 4 rings (SSSR count). The summed E-state index contributed by atoms with van der Waals surface area (Å²) in [6.45, 7) is 1.37. The summed E-state index contributed by atoms with van der Waals surface area (Å²) in [6, 6.07) is 12.2. The predicted octanol–water partition coefficient (Wildman–Crippen LogP) is 1.31. The number of hydrogen-bond acceptors (Lipinski definition) is 7.